The predicted molar refractivity (Wildman–Crippen MR) is 92.4 cm³/mol. The van der Waals surface area contributed by atoms with Crippen LogP contribution in [0.5, 0.6) is 0 Å². The summed E-state index contributed by atoms with van der Waals surface area (Å²) in [6.45, 7) is 0.578. The first-order valence-corrected chi connectivity index (χ1v) is 8.69. The first kappa shape index (κ1) is 15.4. The van der Waals surface area contributed by atoms with Crippen molar-refractivity contribution >= 4 is 34.2 Å². The fraction of sp³-hybridized carbons (Fsp3) is 0.389. The number of aromatic carboxylic acids is 1. The van der Waals surface area contributed by atoms with Gasteiger partial charge >= 0.3 is 5.97 Å². The van der Waals surface area contributed by atoms with E-state index in [4.69, 9.17) is 0 Å². The van der Waals surface area contributed by atoms with Crippen LogP contribution >= 0.6 is 0 Å². The van der Waals surface area contributed by atoms with Crippen LogP contribution in [0.4, 0.5) is 15.8 Å². The minimum Gasteiger partial charge on any atom is -0.477 e. The molecule has 7 nitrogen and oxygen atoms in total. The fourth-order valence-corrected chi connectivity index (χ4v) is 4.18. The molecule has 1 aliphatic carbocycles. The van der Waals surface area contributed by atoms with Gasteiger partial charge in [0.15, 0.2) is 0 Å². The van der Waals surface area contributed by atoms with Crippen molar-refractivity contribution in [3.8, 4) is 0 Å². The van der Waals surface area contributed by atoms with Gasteiger partial charge in [-0.05, 0) is 31.7 Å². The summed E-state index contributed by atoms with van der Waals surface area (Å²) in [5.41, 5.74) is -0.119. The van der Waals surface area contributed by atoms with E-state index in [-0.39, 0.29) is 28.6 Å². The van der Waals surface area contributed by atoms with Gasteiger partial charge in [0.05, 0.1) is 22.3 Å². The smallest absolute Gasteiger partial charge is 0.341 e. The molecule has 1 saturated heterocycles. The highest BCUT2D eigenvalue weighted by atomic mass is 19.1. The second-order valence-corrected chi connectivity index (χ2v) is 7.13. The molecule has 1 aromatic carbocycles. The monoisotopic (exact) mass is 357 g/mol. The molecule has 2 N–H and O–H groups in total. The highest BCUT2D eigenvalue weighted by molar-refractivity contribution is 6.12. The Balaban J connectivity index is 1.90. The summed E-state index contributed by atoms with van der Waals surface area (Å²) >= 11 is 0. The van der Waals surface area contributed by atoms with Crippen molar-refractivity contribution in [1.82, 2.24) is 4.57 Å². The van der Waals surface area contributed by atoms with E-state index in [1.54, 1.807) is 9.47 Å². The maximum Gasteiger partial charge on any atom is 0.341 e. The summed E-state index contributed by atoms with van der Waals surface area (Å²) in [4.78, 5) is 38.3. The number of aromatic nitrogens is 1. The van der Waals surface area contributed by atoms with E-state index < -0.39 is 23.3 Å². The Morgan fingerprint density at radius 3 is 2.73 bits per heavy atom. The number of fused-ring (bicyclic) bond motifs is 5. The van der Waals surface area contributed by atoms with Gasteiger partial charge in [0.2, 0.25) is 11.3 Å². The molecule has 1 saturated carbocycles. The van der Waals surface area contributed by atoms with Gasteiger partial charge in [-0.25, -0.2) is 9.18 Å². The number of pyridine rings is 1. The number of carbonyl (C=O) groups is 2. The van der Waals surface area contributed by atoms with Crippen molar-refractivity contribution in [2.45, 2.75) is 37.8 Å². The van der Waals surface area contributed by atoms with Crippen LogP contribution in [0, 0.1) is 5.82 Å². The predicted octanol–water partition coefficient (Wildman–Crippen LogP) is 2.09. The molecule has 1 aromatic heterocycles. The lowest BCUT2D eigenvalue weighted by Crippen LogP contribution is -2.44. The van der Waals surface area contributed by atoms with Crippen molar-refractivity contribution in [1.29, 1.82) is 0 Å². The van der Waals surface area contributed by atoms with Crippen LogP contribution in [-0.2, 0) is 4.79 Å². The average Bonchev–Trinajstić information content (AvgIpc) is 3.31. The molecule has 0 bridgehead atoms. The zero-order chi connectivity index (χ0) is 18.2. The number of rotatable bonds is 2. The Morgan fingerprint density at radius 2 is 2.04 bits per heavy atom. The third-order valence-corrected chi connectivity index (χ3v) is 5.50. The molecular formula is C18H16FN3O4. The van der Waals surface area contributed by atoms with E-state index in [1.165, 1.54) is 6.20 Å². The number of halogens is 1. The van der Waals surface area contributed by atoms with E-state index in [2.05, 4.69) is 5.32 Å². The minimum absolute atomic E-state index is 0.00834. The van der Waals surface area contributed by atoms with Crippen LogP contribution in [-0.4, -0.2) is 34.1 Å². The zero-order valence-corrected chi connectivity index (χ0v) is 13.8. The molecule has 5 rings (SSSR count). The van der Waals surface area contributed by atoms with E-state index in [0.717, 1.165) is 25.3 Å². The third kappa shape index (κ3) is 1.95. The molecule has 3 aliphatic rings. The van der Waals surface area contributed by atoms with Crippen LogP contribution in [0.2, 0.25) is 0 Å². The maximum atomic E-state index is 14.9. The lowest BCUT2D eigenvalue weighted by molar-refractivity contribution is -0.117. The number of carbonyl (C=O) groups excluding carboxylic acids is 1. The standard InChI is InChI=1S/C18H16FN3O4/c19-11-6-9-14(13-15(11)21-5-1-2-12(21)17(24)20-13)22(8-3-4-8)7-10(16(9)23)18(25)26/h6-8,12H,1-5H2,(H,20,24)(H,25,26)/t12-/m0/s1. The Hall–Kier alpha value is -2.90. The first-order chi connectivity index (χ1) is 12.5. The Kier molecular flexibility index (Phi) is 2.99. The molecule has 1 amide bonds. The number of hydrogen-bond acceptors (Lipinski definition) is 4. The van der Waals surface area contributed by atoms with Crippen molar-refractivity contribution in [2.75, 3.05) is 16.8 Å². The van der Waals surface area contributed by atoms with Gasteiger partial charge < -0.3 is 19.9 Å². The molecule has 3 heterocycles. The second-order valence-electron chi connectivity index (χ2n) is 7.13. The first-order valence-electron chi connectivity index (χ1n) is 8.69. The Labute approximate surface area is 147 Å². The van der Waals surface area contributed by atoms with E-state index in [9.17, 15) is 23.9 Å². The number of carboxylic acids is 1. The van der Waals surface area contributed by atoms with Crippen molar-refractivity contribution in [2.24, 2.45) is 0 Å². The summed E-state index contributed by atoms with van der Waals surface area (Å²) in [5, 5.41) is 12.1. The molecule has 2 aliphatic heterocycles. The molecule has 0 unspecified atom stereocenters. The van der Waals surface area contributed by atoms with Crippen LogP contribution in [0.15, 0.2) is 17.1 Å². The van der Waals surface area contributed by atoms with E-state index >= 15 is 0 Å². The Bertz CT molecular complexity index is 1060. The molecule has 0 spiro atoms. The molecule has 2 fully saturated rings. The number of nitrogens with zero attached hydrogens (tertiary/aromatic N) is 2. The van der Waals surface area contributed by atoms with E-state index in [1.807, 2.05) is 0 Å². The van der Waals surface area contributed by atoms with Gasteiger partial charge in [-0.2, -0.15) is 0 Å². The molecule has 0 radical (unpaired) electrons. The maximum absolute atomic E-state index is 14.9. The van der Waals surface area contributed by atoms with Gasteiger partial charge in [-0.15, -0.1) is 0 Å². The van der Waals surface area contributed by atoms with Gasteiger partial charge in [0, 0.05) is 18.8 Å². The molecule has 26 heavy (non-hydrogen) atoms. The Morgan fingerprint density at radius 1 is 1.27 bits per heavy atom. The van der Waals surface area contributed by atoms with Gasteiger partial charge in [-0.1, -0.05) is 0 Å². The van der Waals surface area contributed by atoms with Gasteiger partial charge in [-0.3, -0.25) is 9.59 Å². The van der Waals surface area contributed by atoms with Crippen LogP contribution < -0.4 is 15.6 Å². The fourth-order valence-electron chi connectivity index (χ4n) is 4.18. The summed E-state index contributed by atoms with van der Waals surface area (Å²) < 4.78 is 16.7. The van der Waals surface area contributed by atoms with Gasteiger partial charge in [0.25, 0.3) is 0 Å². The second kappa shape index (κ2) is 5.06. The third-order valence-electron chi connectivity index (χ3n) is 5.50. The number of amides is 1. The lowest BCUT2D eigenvalue weighted by Gasteiger charge is -2.34. The summed E-state index contributed by atoms with van der Waals surface area (Å²) in [7, 11) is 0. The number of hydrogen-bond donors (Lipinski definition) is 2. The molecule has 8 heteroatoms. The van der Waals surface area contributed by atoms with Crippen molar-refractivity contribution in [3.05, 3.63) is 33.9 Å². The highest BCUT2D eigenvalue weighted by Gasteiger charge is 2.40. The quantitative estimate of drug-likeness (QED) is 0.859. The van der Waals surface area contributed by atoms with Crippen molar-refractivity contribution in [3.63, 3.8) is 0 Å². The summed E-state index contributed by atoms with van der Waals surface area (Å²) in [5.74, 6) is -2.16. The van der Waals surface area contributed by atoms with Crippen LogP contribution in [0.25, 0.3) is 10.9 Å². The summed E-state index contributed by atoms with van der Waals surface area (Å²) in [6.07, 6.45) is 4.48. The van der Waals surface area contributed by atoms with Crippen LogP contribution in [0.3, 0.4) is 0 Å². The zero-order valence-electron chi connectivity index (χ0n) is 13.8. The van der Waals surface area contributed by atoms with Crippen LogP contribution in [0.1, 0.15) is 42.1 Å². The lowest BCUT2D eigenvalue weighted by atomic mass is 10.0. The highest BCUT2D eigenvalue weighted by Crippen LogP contribution is 2.45. The van der Waals surface area contributed by atoms with E-state index in [0.29, 0.717) is 24.2 Å². The molecular weight excluding hydrogens is 341 g/mol. The largest absolute Gasteiger partial charge is 0.477 e. The molecule has 2 aromatic rings. The minimum atomic E-state index is -1.34. The van der Waals surface area contributed by atoms with Crippen molar-refractivity contribution < 1.29 is 19.1 Å². The summed E-state index contributed by atoms with van der Waals surface area (Å²) in [6, 6.07) is 0.780. The normalized spacial score (nSPS) is 21.5. The average molecular weight is 357 g/mol. The number of nitrogens with one attached hydrogen (secondary N) is 1. The molecule has 134 valence electrons. The SMILES string of the molecule is O=C(O)c1cn(C2CC2)c2c3c(c(F)cc2c1=O)N1CCC[C@H]1C(=O)N3. The number of carboxylic acid groups (broad SMARTS) is 1. The van der Waals surface area contributed by atoms with Gasteiger partial charge in [0.1, 0.15) is 17.4 Å². The topological polar surface area (TPSA) is 91.6 Å². The number of benzene rings is 1. The molecule has 1 atom stereocenters. The number of anilines is 2.